The molecule has 0 aromatic carbocycles. The smallest absolute Gasteiger partial charge is 0.193 e. The Balaban J connectivity index is 2.36. The van der Waals surface area contributed by atoms with Gasteiger partial charge in [-0.05, 0) is 11.6 Å². The van der Waals surface area contributed by atoms with Crippen molar-refractivity contribution in [2.24, 2.45) is 10.2 Å². The monoisotopic (exact) mass is 246 g/mol. The van der Waals surface area contributed by atoms with Crippen LogP contribution in [0.25, 0.3) is 0 Å². The molecule has 84 valence electrons. The van der Waals surface area contributed by atoms with Crippen LogP contribution in [0.2, 0.25) is 0 Å². The van der Waals surface area contributed by atoms with Gasteiger partial charge in [0.2, 0.25) is 0 Å². The maximum absolute atomic E-state index is 11.9. The third-order valence-corrected chi connectivity index (χ3v) is 2.59. The normalized spacial score (nSPS) is 18.7. The quantitative estimate of drug-likeness (QED) is 0.738. The number of hydrogen-bond donors (Lipinski definition) is 0. The van der Waals surface area contributed by atoms with Crippen LogP contribution in [0, 0.1) is 11.3 Å². The van der Waals surface area contributed by atoms with E-state index in [4.69, 9.17) is 16.9 Å². The van der Waals surface area contributed by atoms with E-state index in [0.717, 1.165) is 0 Å². The highest BCUT2D eigenvalue weighted by atomic mass is 35.5. The van der Waals surface area contributed by atoms with E-state index in [1.54, 1.807) is 6.07 Å². The minimum Gasteiger partial charge on any atom is -0.292 e. The van der Waals surface area contributed by atoms with Gasteiger partial charge in [-0.25, -0.2) is 0 Å². The van der Waals surface area contributed by atoms with Gasteiger partial charge in [0.25, 0.3) is 0 Å². The Bertz CT molecular complexity index is 559. The molecule has 0 radical (unpaired) electrons. The maximum Gasteiger partial charge on any atom is 0.193 e. The van der Waals surface area contributed by atoms with Crippen molar-refractivity contribution in [2.45, 2.75) is 5.92 Å². The molecule has 0 saturated heterocycles. The Hall–Kier alpha value is -2.06. The number of hydrogen-bond acceptors (Lipinski definition) is 5. The van der Waals surface area contributed by atoms with Gasteiger partial charge in [0.15, 0.2) is 5.78 Å². The Kier molecular flexibility index (Phi) is 3.26. The first-order valence-corrected chi connectivity index (χ1v) is 5.35. The SMILES string of the molecule is N#Cc1cncc(C2C=NN=C(CCl)C2=O)c1. The molecule has 0 spiro atoms. The predicted molar refractivity (Wildman–Crippen MR) is 63.3 cm³/mol. The van der Waals surface area contributed by atoms with E-state index in [1.807, 2.05) is 6.07 Å². The number of nitrogens with zero attached hydrogens (tertiary/aromatic N) is 4. The lowest BCUT2D eigenvalue weighted by Gasteiger charge is -2.13. The number of Topliss-reactive ketones (excluding diaryl/α,β-unsaturated/α-hetero) is 1. The molecule has 0 N–H and O–H groups in total. The van der Waals surface area contributed by atoms with Crippen LogP contribution < -0.4 is 0 Å². The highest BCUT2D eigenvalue weighted by Gasteiger charge is 2.26. The molecule has 0 aliphatic carbocycles. The summed E-state index contributed by atoms with van der Waals surface area (Å²) >= 11 is 5.59. The van der Waals surface area contributed by atoms with Crippen LogP contribution in [-0.4, -0.2) is 28.6 Å². The van der Waals surface area contributed by atoms with Gasteiger partial charge in [0.05, 0.1) is 17.4 Å². The van der Waals surface area contributed by atoms with Crippen LogP contribution >= 0.6 is 11.6 Å². The molecule has 2 heterocycles. The maximum atomic E-state index is 11.9. The van der Waals surface area contributed by atoms with Crippen molar-refractivity contribution in [3.8, 4) is 6.07 Å². The van der Waals surface area contributed by atoms with Crippen LogP contribution in [0.4, 0.5) is 0 Å². The zero-order valence-corrected chi connectivity index (χ0v) is 9.42. The van der Waals surface area contributed by atoms with Crippen molar-refractivity contribution in [3.63, 3.8) is 0 Å². The Labute approximate surface area is 102 Å². The lowest BCUT2D eigenvalue weighted by Crippen LogP contribution is -2.27. The Morgan fingerprint density at radius 2 is 2.29 bits per heavy atom. The lowest BCUT2D eigenvalue weighted by atomic mass is 9.93. The summed E-state index contributed by atoms with van der Waals surface area (Å²) in [5, 5.41) is 16.2. The van der Waals surface area contributed by atoms with Crippen molar-refractivity contribution in [1.82, 2.24) is 4.98 Å². The molecule has 1 unspecified atom stereocenters. The summed E-state index contributed by atoms with van der Waals surface area (Å²) < 4.78 is 0. The highest BCUT2D eigenvalue weighted by Crippen LogP contribution is 2.19. The summed E-state index contributed by atoms with van der Waals surface area (Å²) in [6, 6.07) is 3.58. The number of rotatable bonds is 2. The van der Waals surface area contributed by atoms with Gasteiger partial charge < -0.3 is 0 Å². The van der Waals surface area contributed by atoms with Crippen molar-refractivity contribution in [2.75, 3.05) is 5.88 Å². The summed E-state index contributed by atoms with van der Waals surface area (Å²) in [6.45, 7) is 0. The molecule has 5 nitrogen and oxygen atoms in total. The molecule has 1 aromatic heterocycles. The largest absolute Gasteiger partial charge is 0.292 e. The third-order valence-electron chi connectivity index (χ3n) is 2.34. The highest BCUT2D eigenvalue weighted by molar-refractivity contribution is 6.52. The molecular formula is C11H7ClN4O. The van der Waals surface area contributed by atoms with Crippen LogP contribution in [0.15, 0.2) is 28.7 Å². The zero-order valence-electron chi connectivity index (χ0n) is 8.67. The number of nitriles is 1. The lowest BCUT2D eigenvalue weighted by molar-refractivity contribution is -0.113. The van der Waals surface area contributed by atoms with Gasteiger partial charge >= 0.3 is 0 Å². The first-order valence-electron chi connectivity index (χ1n) is 4.81. The number of alkyl halides is 1. The Morgan fingerprint density at radius 1 is 1.47 bits per heavy atom. The molecule has 0 bridgehead atoms. The number of aromatic nitrogens is 1. The second kappa shape index (κ2) is 4.85. The van der Waals surface area contributed by atoms with E-state index in [2.05, 4.69) is 15.2 Å². The van der Waals surface area contributed by atoms with E-state index in [0.29, 0.717) is 11.1 Å². The van der Waals surface area contributed by atoms with Gasteiger partial charge in [-0.1, -0.05) is 0 Å². The molecule has 0 fully saturated rings. The molecule has 1 atom stereocenters. The summed E-state index contributed by atoms with van der Waals surface area (Å²) in [4.78, 5) is 15.8. The fourth-order valence-electron chi connectivity index (χ4n) is 1.49. The van der Waals surface area contributed by atoms with E-state index in [1.165, 1.54) is 18.6 Å². The minimum atomic E-state index is -0.554. The number of pyridine rings is 1. The average Bonchev–Trinajstić information content (AvgIpc) is 2.39. The van der Waals surface area contributed by atoms with Crippen LogP contribution in [0.5, 0.6) is 0 Å². The van der Waals surface area contributed by atoms with E-state index in [-0.39, 0.29) is 17.4 Å². The summed E-state index contributed by atoms with van der Waals surface area (Å²) in [7, 11) is 0. The van der Waals surface area contributed by atoms with Gasteiger partial charge in [-0.2, -0.15) is 15.5 Å². The van der Waals surface area contributed by atoms with Gasteiger partial charge in [0.1, 0.15) is 11.8 Å². The van der Waals surface area contributed by atoms with Gasteiger partial charge in [0, 0.05) is 18.6 Å². The average molecular weight is 247 g/mol. The zero-order chi connectivity index (χ0) is 12.3. The topological polar surface area (TPSA) is 78.5 Å². The molecular weight excluding hydrogens is 240 g/mol. The van der Waals surface area contributed by atoms with Crippen LogP contribution in [-0.2, 0) is 4.79 Å². The predicted octanol–water partition coefficient (Wildman–Crippen LogP) is 1.29. The van der Waals surface area contributed by atoms with Crippen molar-refractivity contribution in [1.29, 1.82) is 5.26 Å². The number of ketones is 1. The van der Waals surface area contributed by atoms with E-state index < -0.39 is 5.92 Å². The molecule has 1 aliphatic heterocycles. The molecule has 0 amide bonds. The molecule has 1 aliphatic rings. The fraction of sp³-hybridized carbons (Fsp3) is 0.182. The van der Waals surface area contributed by atoms with E-state index in [9.17, 15) is 4.79 Å². The standard InChI is InChI=1S/C11H7ClN4O/c12-2-10-11(17)9(6-15-16-10)8-1-7(3-13)4-14-5-8/h1,4-6,9H,2H2. The van der Waals surface area contributed by atoms with E-state index >= 15 is 0 Å². The first kappa shape index (κ1) is 11.4. The van der Waals surface area contributed by atoms with Crippen LogP contribution in [0.1, 0.15) is 17.0 Å². The number of carbonyl (C=O) groups excluding carboxylic acids is 1. The first-order chi connectivity index (χ1) is 8.26. The second-order valence-electron chi connectivity index (χ2n) is 3.41. The summed E-state index contributed by atoms with van der Waals surface area (Å²) in [5.74, 6) is -0.730. The molecule has 6 heteroatoms. The number of halogens is 1. The fourth-order valence-corrected chi connectivity index (χ4v) is 1.67. The van der Waals surface area contributed by atoms with Gasteiger partial charge in [-0.15, -0.1) is 11.6 Å². The summed E-state index contributed by atoms with van der Waals surface area (Å²) in [5.41, 5.74) is 1.25. The minimum absolute atomic E-state index is 0.0258. The van der Waals surface area contributed by atoms with Crippen molar-refractivity contribution < 1.29 is 4.79 Å². The molecule has 17 heavy (non-hydrogen) atoms. The second-order valence-corrected chi connectivity index (χ2v) is 3.67. The molecule has 2 rings (SSSR count). The molecule has 1 aromatic rings. The summed E-state index contributed by atoms with van der Waals surface area (Å²) in [6.07, 6.45) is 4.40. The number of carbonyl (C=O) groups is 1. The van der Waals surface area contributed by atoms with Crippen LogP contribution in [0.3, 0.4) is 0 Å². The van der Waals surface area contributed by atoms with Gasteiger partial charge in [-0.3, -0.25) is 9.78 Å². The van der Waals surface area contributed by atoms with Crippen molar-refractivity contribution in [3.05, 3.63) is 29.6 Å². The third kappa shape index (κ3) is 2.22. The Morgan fingerprint density at radius 3 is 3.00 bits per heavy atom. The van der Waals surface area contributed by atoms with Crippen molar-refractivity contribution >= 4 is 29.3 Å². The molecule has 0 saturated carbocycles.